The SMILES string of the molecule is N#Cc1cnc2c(Cl)cc(N[C@H](c3cn(C4CCNCC4)nn3)c3cc(Cl)sc3Cl)cc2c1Nc1ccc(F)c(Cl)c1. The van der Waals surface area contributed by atoms with Gasteiger partial charge in [0.25, 0.3) is 0 Å². The summed E-state index contributed by atoms with van der Waals surface area (Å²) in [4.78, 5) is 4.42. The molecule has 42 heavy (non-hydrogen) atoms. The first kappa shape index (κ1) is 28.9. The second kappa shape index (κ2) is 12.2. The number of halogens is 5. The Morgan fingerprint density at radius 1 is 1.07 bits per heavy atom. The number of pyridine rings is 1. The normalized spacial score (nSPS) is 14.6. The van der Waals surface area contributed by atoms with E-state index < -0.39 is 11.9 Å². The number of fused-ring (bicyclic) bond motifs is 1. The molecular weight excluding hydrogens is 641 g/mol. The quantitative estimate of drug-likeness (QED) is 0.161. The summed E-state index contributed by atoms with van der Waals surface area (Å²) in [5, 5.41) is 29.7. The fraction of sp³-hybridized carbons (Fsp3) is 0.214. The van der Waals surface area contributed by atoms with Crippen LogP contribution in [0.1, 0.15) is 41.7 Å². The minimum Gasteiger partial charge on any atom is -0.373 e. The van der Waals surface area contributed by atoms with Crippen LogP contribution in [-0.2, 0) is 0 Å². The van der Waals surface area contributed by atoms with Gasteiger partial charge in [0.05, 0.1) is 49.4 Å². The topological polar surface area (TPSA) is 103 Å². The van der Waals surface area contributed by atoms with E-state index in [1.165, 1.54) is 35.7 Å². The van der Waals surface area contributed by atoms with Crippen molar-refractivity contribution in [2.75, 3.05) is 23.7 Å². The number of hydrogen-bond acceptors (Lipinski definition) is 8. The summed E-state index contributed by atoms with van der Waals surface area (Å²) in [6.45, 7) is 1.84. The molecule has 0 amide bonds. The maximum Gasteiger partial charge on any atom is 0.141 e. The molecule has 1 saturated heterocycles. The molecule has 4 heterocycles. The molecule has 8 nitrogen and oxygen atoms in total. The Kier molecular flexibility index (Phi) is 8.41. The molecule has 1 aliphatic rings. The zero-order valence-corrected chi connectivity index (χ0v) is 25.5. The van der Waals surface area contributed by atoms with Gasteiger partial charge in [-0.3, -0.25) is 4.98 Å². The number of rotatable bonds is 7. The number of nitriles is 1. The first-order chi connectivity index (χ1) is 20.3. The first-order valence-electron chi connectivity index (χ1n) is 12.9. The van der Waals surface area contributed by atoms with E-state index in [2.05, 4.69) is 37.3 Å². The predicted octanol–water partition coefficient (Wildman–Crippen LogP) is 8.38. The Bertz CT molecular complexity index is 1830. The van der Waals surface area contributed by atoms with Crippen molar-refractivity contribution in [3.63, 3.8) is 0 Å². The van der Waals surface area contributed by atoms with Gasteiger partial charge in [-0.05, 0) is 62.3 Å². The summed E-state index contributed by atoms with van der Waals surface area (Å²) < 4.78 is 16.8. The first-order valence-corrected chi connectivity index (χ1v) is 15.2. The van der Waals surface area contributed by atoms with Crippen molar-refractivity contribution in [1.29, 1.82) is 5.26 Å². The summed E-state index contributed by atoms with van der Waals surface area (Å²) in [6, 6.07) is 11.5. The largest absolute Gasteiger partial charge is 0.373 e. The standard InChI is InChI=1S/C28H21Cl4FN8S/c29-20-8-15(1-2-22(20)33)37-25-14(11-34)12-36-26-18(25)7-16(9-21(26)30)38-27(19-10-24(31)42-28(19)32)23-13-41(40-39-23)17-3-5-35-6-4-17/h1-2,7-10,12-13,17,27,35,38H,3-6H2,(H,36,37)/t27-/m0/s1. The van der Waals surface area contributed by atoms with E-state index in [-0.39, 0.29) is 16.6 Å². The smallest absolute Gasteiger partial charge is 0.141 e. The molecule has 14 heteroatoms. The number of anilines is 3. The van der Waals surface area contributed by atoms with E-state index in [4.69, 9.17) is 46.4 Å². The number of hydrogen-bond donors (Lipinski definition) is 3. The number of piperidine rings is 1. The highest BCUT2D eigenvalue weighted by Gasteiger charge is 2.26. The van der Waals surface area contributed by atoms with Crippen LogP contribution in [0.2, 0.25) is 18.7 Å². The lowest BCUT2D eigenvalue weighted by Crippen LogP contribution is -2.29. The van der Waals surface area contributed by atoms with Crippen LogP contribution >= 0.6 is 57.7 Å². The van der Waals surface area contributed by atoms with Crippen molar-refractivity contribution in [2.45, 2.75) is 24.9 Å². The molecule has 214 valence electrons. The van der Waals surface area contributed by atoms with Crippen molar-refractivity contribution in [3.8, 4) is 6.07 Å². The van der Waals surface area contributed by atoms with E-state index in [0.29, 0.717) is 47.4 Å². The van der Waals surface area contributed by atoms with Gasteiger partial charge in [0.2, 0.25) is 0 Å². The number of nitrogens with one attached hydrogen (secondary N) is 3. The van der Waals surface area contributed by atoms with E-state index in [1.54, 1.807) is 12.1 Å². The van der Waals surface area contributed by atoms with Gasteiger partial charge < -0.3 is 16.0 Å². The molecule has 0 aliphatic carbocycles. The molecule has 0 spiro atoms. The third kappa shape index (κ3) is 5.86. The molecule has 1 aliphatic heterocycles. The van der Waals surface area contributed by atoms with E-state index in [1.807, 2.05) is 16.9 Å². The molecule has 2 aromatic carbocycles. The van der Waals surface area contributed by atoms with Crippen LogP contribution in [-0.4, -0.2) is 33.1 Å². The Balaban J connectivity index is 1.42. The van der Waals surface area contributed by atoms with Gasteiger partial charge in [0, 0.05) is 28.5 Å². The number of nitrogens with zero attached hydrogens (tertiary/aromatic N) is 5. The van der Waals surface area contributed by atoms with Crippen molar-refractivity contribution in [3.05, 3.63) is 90.1 Å². The molecular formula is C28H21Cl4FN8S. The minimum atomic E-state index is -0.549. The zero-order valence-electron chi connectivity index (χ0n) is 21.6. The average Bonchev–Trinajstić information content (AvgIpc) is 3.60. The van der Waals surface area contributed by atoms with E-state index in [9.17, 15) is 9.65 Å². The number of thiophene rings is 1. The maximum atomic E-state index is 13.8. The Labute approximate surface area is 264 Å². The summed E-state index contributed by atoms with van der Waals surface area (Å²) in [5.74, 6) is -0.549. The lowest BCUT2D eigenvalue weighted by molar-refractivity contribution is 0.337. The summed E-state index contributed by atoms with van der Waals surface area (Å²) >= 11 is 27.0. The molecule has 1 fully saturated rings. The van der Waals surface area contributed by atoms with Crippen LogP contribution in [0, 0.1) is 17.1 Å². The lowest BCUT2D eigenvalue weighted by atomic mass is 10.0. The molecule has 0 bridgehead atoms. The van der Waals surface area contributed by atoms with E-state index in [0.717, 1.165) is 31.5 Å². The van der Waals surface area contributed by atoms with Crippen LogP contribution in [0.5, 0.6) is 0 Å². The van der Waals surface area contributed by atoms with Gasteiger partial charge in [-0.15, -0.1) is 16.4 Å². The molecule has 0 unspecified atom stereocenters. The molecule has 6 rings (SSSR count). The van der Waals surface area contributed by atoms with Crippen molar-refractivity contribution >= 4 is 85.7 Å². The third-order valence-corrected chi connectivity index (χ3v) is 9.14. The second-order valence-electron chi connectivity index (χ2n) is 9.73. The maximum absolute atomic E-state index is 13.8. The van der Waals surface area contributed by atoms with Gasteiger partial charge in [-0.1, -0.05) is 51.6 Å². The van der Waals surface area contributed by atoms with Crippen LogP contribution in [0.25, 0.3) is 10.9 Å². The minimum absolute atomic E-state index is 0.0519. The molecule has 5 aromatic rings. The van der Waals surface area contributed by atoms with Crippen molar-refractivity contribution in [1.82, 2.24) is 25.3 Å². The van der Waals surface area contributed by atoms with Gasteiger partial charge in [0.1, 0.15) is 21.9 Å². The van der Waals surface area contributed by atoms with Crippen LogP contribution in [0.3, 0.4) is 0 Å². The van der Waals surface area contributed by atoms with Gasteiger partial charge in [0.15, 0.2) is 0 Å². The molecule has 0 saturated carbocycles. The molecule has 3 aromatic heterocycles. The fourth-order valence-electron chi connectivity index (χ4n) is 4.98. The lowest BCUT2D eigenvalue weighted by Gasteiger charge is -2.22. The Morgan fingerprint density at radius 3 is 2.57 bits per heavy atom. The van der Waals surface area contributed by atoms with Crippen molar-refractivity contribution in [2.24, 2.45) is 0 Å². The summed E-state index contributed by atoms with van der Waals surface area (Å²) in [7, 11) is 0. The van der Waals surface area contributed by atoms with Crippen LogP contribution in [0.4, 0.5) is 21.5 Å². The van der Waals surface area contributed by atoms with Gasteiger partial charge >= 0.3 is 0 Å². The Hall–Kier alpha value is -3.17. The highest BCUT2D eigenvalue weighted by Crippen LogP contribution is 2.41. The fourth-order valence-corrected chi connectivity index (χ4v) is 6.96. The van der Waals surface area contributed by atoms with Gasteiger partial charge in [-0.2, -0.15) is 5.26 Å². The number of aromatic nitrogens is 4. The molecule has 3 N–H and O–H groups in total. The van der Waals surface area contributed by atoms with E-state index >= 15 is 0 Å². The van der Waals surface area contributed by atoms with Crippen LogP contribution < -0.4 is 16.0 Å². The highest BCUT2D eigenvalue weighted by atomic mass is 35.5. The van der Waals surface area contributed by atoms with Gasteiger partial charge in [-0.25, -0.2) is 9.07 Å². The van der Waals surface area contributed by atoms with Crippen LogP contribution in [0.15, 0.2) is 48.8 Å². The summed E-state index contributed by atoms with van der Waals surface area (Å²) in [5.41, 5.74) is 3.69. The average molecular weight is 662 g/mol. The molecule has 1 atom stereocenters. The Morgan fingerprint density at radius 2 is 1.86 bits per heavy atom. The number of benzene rings is 2. The predicted molar refractivity (Wildman–Crippen MR) is 167 cm³/mol. The highest BCUT2D eigenvalue weighted by molar-refractivity contribution is 7.20. The summed E-state index contributed by atoms with van der Waals surface area (Å²) in [6.07, 6.45) is 5.27. The third-order valence-electron chi connectivity index (χ3n) is 7.05. The van der Waals surface area contributed by atoms with Crippen molar-refractivity contribution < 1.29 is 4.39 Å². The second-order valence-corrected chi connectivity index (χ2v) is 12.8. The molecule has 0 radical (unpaired) electrons. The zero-order chi connectivity index (χ0) is 29.4. The monoisotopic (exact) mass is 660 g/mol.